The van der Waals surface area contributed by atoms with Gasteiger partial charge >= 0.3 is 0 Å². The van der Waals surface area contributed by atoms with E-state index in [2.05, 4.69) is 11.4 Å². The van der Waals surface area contributed by atoms with E-state index in [-0.39, 0.29) is 5.91 Å². The second kappa shape index (κ2) is 4.56. The van der Waals surface area contributed by atoms with Gasteiger partial charge < -0.3 is 10.1 Å². The van der Waals surface area contributed by atoms with Crippen molar-refractivity contribution >= 4 is 11.6 Å². The highest BCUT2D eigenvalue weighted by Crippen LogP contribution is 2.32. The molecular formula is C13H14N2O2. The number of hydrogen-bond acceptors (Lipinski definition) is 3. The maximum atomic E-state index is 12.1. The van der Waals surface area contributed by atoms with Crippen LogP contribution in [0.5, 0.6) is 0 Å². The third kappa shape index (κ3) is 2.02. The number of benzene rings is 1. The summed E-state index contributed by atoms with van der Waals surface area (Å²) in [6.07, 6.45) is 0.744. The monoisotopic (exact) mass is 230 g/mol. The maximum absolute atomic E-state index is 12.1. The van der Waals surface area contributed by atoms with Crippen molar-refractivity contribution < 1.29 is 9.53 Å². The number of carbonyl (C=O) groups is 1. The van der Waals surface area contributed by atoms with E-state index in [1.807, 2.05) is 6.92 Å². The summed E-state index contributed by atoms with van der Waals surface area (Å²) in [6.45, 7) is 2.90. The van der Waals surface area contributed by atoms with Gasteiger partial charge in [0.1, 0.15) is 6.07 Å². The number of para-hydroxylation sites is 1. The fraction of sp³-hybridized carbons (Fsp3) is 0.385. The second-order valence-electron chi connectivity index (χ2n) is 4.24. The zero-order chi connectivity index (χ0) is 12.3. The van der Waals surface area contributed by atoms with Gasteiger partial charge in [-0.25, -0.2) is 0 Å². The molecule has 1 aliphatic rings. The Morgan fingerprint density at radius 3 is 2.76 bits per heavy atom. The molecule has 1 heterocycles. The van der Waals surface area contributed by atoms with Crippen LogP contribution in [-0.2, 0) is 9.53 Å². The van der Waals surface area contributed by atoms with E-state index in [9.17, 15) is 4.79 Å². The van der Waals surface area contributed by atoms with E-state index < -0.39 is 5.41 Å². The molecule has 0 unspecified atom stereocenters. The lowest BCUT2D eigenvalue weighted by Gasteiger charge is -2.39. The Morgan fingerprint density at radius 1 is 1.53 bits per heavy atom. The predicted octanol–water partition coefficient (Wildman–Crippen LogP) is 1.92. The van der Waals surface area contributed by atoms with Gasteiger partial charge in [-0.3, -0.25) is 4.79 Å². The summed E-state index contributed by atoms with van der Waals surface area (Å²) in [7, 11) is 0. The lowest BCUT2D eigenvalue weighted by atomic mass is 9.82. The Hall–Kier alpha value is -1.86. The number of hydrogen-bond donors (Lipinski definition) is 1. The number of carbonyl (C=O) groups excluding carboxylic acids is 1. The smallest absolute Gasteiger partial charge is 0.235 e. The Bertz CT molecular complexity index is 467. The average Bonchev–Trinajstić information content (AvgIpc) is 2.29. The minimum atomic E-state index is -0.414. The van der Waals surface area contributed by atoms with Crippen molar-refractivity contribution in [3.63, 3.8) is 0 Å². The molecule has 0 aromatic heterocycles. The molecule has 88 valence electrons. The van der Waals surface area contributed by atoms with Gasteiger partial charge in [-0.1, -0.05) is 19.1 Å². The molecule has 1 amide bonds. The third-order valence-corrected chi connectivity index (χ3v) is 3.21. The quantitative estimate of drug-likeness (QED) is 0.862. The van der Waals surface area contributed by atoms with Crippen LogP contribution in [0, 0.1) is 16.7 Å². The fourth-order valence-corrected chi connectivity index (χ4v) is 1.79. The molecule has 0 radical (unpaired) electrons. The van der Waals surface area contributed by atoms with Crippen molar-refractivity contribution in [3.8, 4) is 6.07 Å². The van der Waals surface area contributed by atoms with Crippen LogP contribution in [0.15, 0.2) is 24.3 Å². The SMILES string of the molecule is CCC1(C(=O)Nc2ccccc2C#N)COC1. The molecule has 1 aliphatic heterocycles. The highest BCUT2D eigenvalue weighted by Gasteiger charge is 2.44. The number of nitrogens with one attached hydrogen (secondary N) is 1. The minimum absolute atomic E-state index is 0.0612. The van der Waals surface area contributed by atoms with Crippen molar-refractivity contribution in [2.75, 3.05) is 18.5 Å². The first-order valence-corrected chi connectivity index (χ1v) is 5.60. The van der Waals surface area contributed by atoms with Crippen LogP contribution >= 0.6 is 0 Å². The second-order valence-corrected chi connectivity index (χ2v) is 4.24. The van der Waals surface area contributed by atoms with Gasteiger partial charge in [-0.15, -0.1) is 0 Å². The van der Waals surface area contributed by atoms with Crippen LogP contribution < -0.4 is 5.32 Å². The summed E-state index contributed by atoms with van der Waals surface area (Å²) in [5.74, 6) is -0.0612. The van der Waals surface area contributed by atoms with Crippen molar-refractivity contribution in [1.82, 2.24) is 0 Å². The molecule has 1 aromatic carbocycles. The number of nitrogens with zero attached hydrogens (tertiary/aromatic N) is 1. The number of amides is 1. The first kappa shape index (κ1) is 11.6. The van der Waals surface area contributed by atoms with Gasteiger partial charge in [0.25, 0.3) is 0 Å². The van der Waals surface area contributed by atoms with E-state index in [1.165, 1.54) is 0 Å². The third-order valence-electron chi connectivity index (χ3n) is 3.21. The number of ether oxygens (including phenoxy) is 1. The summed E-state index contributed by atoms with van der Waals surface area (Å²) >= 11 is 0. The fourth-order valence-electron chi connectivity index (χ4n) is 1.79. The highest BCUT2D eigenvalue weighted by atomic mass is 16.5. The van der Waals surface area contributed by atoms with Crippen LogP contribution in [0.4, 0.5) is 5.69 Å². The Kier molecular flexibility index (Phi) is 3.12. The topological polar surface area (TPSA) is 62.1 Å². The zero-order valence-electron chi connectivity index (χ0n) is 9.69. The molecule has 1 aromatic rings. The van der Waals surface area contributed by atoms with Gasteiger partial charge in [-0.2, -0.15) is 5.26 Å². The Balaban J connectivity index is 2.16. The van der Waals surface area contributed by atoms with Gasteiger partial charge in [0.2, 0.25) is 5.91 Å². The van der Waals surface area contributed by atoms with E-state index in [0.29, 0.717) is 24.5 Å². The summed E-state index contributed by atoms with van der Waals surface area (Å²) in [5, 5.41) is 11.8. The number of rotatable bonds is 3. The van der Waals surface area contributed by atoms with Crippen molar-refractivity contribution in [2.24, 2.45) is 5.41 Å². The van der Waals surface area contributed by atoms with Crippen LogP contribution in [-0.4, -0.2) is 19.1 Å². The molecule has 4 nitrogen and oxygen atoms in total. The van der Waals surface area contributed by atoms with Crippen molar-refractivity contribution in [2.45, 2.75) is 13.3 Å². The molecular weight excluding hydrogens is 216 g/mol. The van der Waals surface area contributed by atoms with Crippen molar-refractivity contribution in [1.29, 1.82) is 5.26 Å². The Morgan fingerprint density at radius 2 is 2.24 bits per heavy atom. The van der Waals surface area contributed by atoms with Crippen LogP contribution in [0.25, 0.3) is 0 Å². The van der Waals surface area contributed by atoms with E-state index in [0.717, 1.165) is 6.42 Å². The van der Waals surface area contributed by atoms with Crippen LogP contribution in [0.2, 0.25) is 0 Å². The van der Waals surface area contributed by atoms with E-state index in [1.54, 1.807) is 24.3 Å². The molecule has 1 saturated heterocycles. The standard InChI is InChI=1S/C13H14N2O2/c1-2-13(8-17-9-13)12(16)15-11-6-4-3-5-10(11)7-14/h3-6H,2,8-9H2,1H3,(H,15,16). The number of nitriles is 1. The first-order valence-electron chi connectivity index (χ1n) is 5.60. The van der Waals surface area contributed by atoms with Crippen LogP contribution in [0.1, 0.15) is 18.9 Å². The normalized spacial score (nSPS) is 16.7. The van der Waals surface area contributed by atoms with Gasteiger partial charge in [0.05, 0.1) is 29.9 Å². The predicted molar refractivity (Wildman–Crippen MR) is 63.3 cm³/mol. The minimum Gasteiger partial charge on any atom is -0.379 e. The summed E-state index contributed by atoms with van der Waals surface area (Å²) in [5.41, 5.74) is 0.634. The zero-order valence-corrected chi connectivity index (χ0v) is 9.69. The average molecular weight is 230 g/mol. The van der Waals surface area contributed by atoms with Gasteiger partial charge in [0.15, 0.2) is 0 Å². The molecule has 0 aliphatic carbocycles. The molecule has 1 fully saturated rings. The lowest BCUT2D eigenvalue weighted by molar-refractivity contribution is -0.156. The summed E-state index contributed by atoms with van der Waals surface area (Å²) in [6, 6.07) is 9.05. The molecule has 17 heavy (non-hydrogen) atoms. The van der Waals surface area contributed by atoms with E-state index >= 15 is 0 Å². The maximum Gasteiger partial charge on any atom is 0.235 e. The summed E-state index contributed by atoms with van der Waals surface area (Å²) < 4.78 is 5.12. The molecule has 0 atom stereocenters. The largest absolute Gasteiger partial charge is 0.379 e. The molecule has 0 bridgehead atoms. The number of anilines is 1. The lowest BCUT2D eigenvalue weighted by Crippen LogP contribution is -2.51. The Labute approximate surface area is 100 Å². The van der Waals surface area contributed by atoms with Gasteiger partial charge in [0, 0.05) is 0 Å². The first-order chi connectivity index (χ1) is 8.22. The van der Waals surface area contributed by atoms with Crippen LogP contribution in [0.3, 0.4) is 0 Å². The summed E-state index contributed by atoms with van der Waals surface area (Å²) in [4.78, 5) is 12.1. The van der Waals surface area contributed by atoms with E-state index in [4.69, 9.17) is 10.00 Å². The molecule has 0 saturated carbocycles. The molecule has 4 heteroatoms. The molecule has 0 spiro atoms. The van der Waals surface area contributed by atoms with Gasteiger partial charge in [-0.05, 0) is 18.6 Å². The highest BCUT2D eigenvalue weighted by molar-refractivity contribution is 5.97. The van der Waals surface area contributed by atoms with Crippen molar-refractivity contribution in [3.05, 3.63) is 29.8 Å². The molecule has 2 rings (SSSR count). The molecule has 1 N–H and O–H groups in total.